The summed E-state index contributed by atoms with van der Waals surface area (Å²) in [6.07, 6.45) is 3.23. The van der Waals surface area contributed by atoms with E-state index in [9.17, 15) is 0 Å². The Morgan fingerprint density at radius 1 is 0.933 bits per heavy atom. The molecule has 0 atom stereocenters. The SMILES string of the molecule is Cc1cc(C)c(OC#N)c(C)c1OC#N. The minimum atomic E-state index is 0.452. The molecule has 0 fully saturated rings. The summed E-state index contributed by atoms with van der Waals surface area (Å²) in [5, 5.41) is 17.0. The predicted molar refractivity (Wildman–Crippen MR) is 53.1 cm³/mol. The van der Waals surface area contributed by atoms with Crippen LogP contribution in [0.4, 0.5) is 0 Å². The van der Waals surface area contributed by atoms with E-state index in [1.165, 1.54) is 0 Å². The number of rotatable bonds is 2. The zero-order valence-electron chi connectivity index (χ0n) is 8.79. The van der Waals surface area contributed by atoms with Crippen LogP contribution in [0.15, 0.2) is 6.07 Å². The maximum atomic E-state index is 8.48. The van der Waals surface area contributed by atoms with Gasteiger partial charge in [-0.15, -0.1) is 10.5 Å². The van der Waals surface area contributed by atoms with Gasteiger partial charge in [0.25, 0.3) is 12.5 Å². The van der Waals surface area contributed by atoms with Crippen LogP contribution in [0.5, 0.6) is 11.5 Å². The number of benzene rings is 1. The monoisotopic (exact) mass is 202 g/mol. The Kier molecular flexibility index (Phi) is 3.15. The molecule has 15 heavy (non-hydrogen) atoms. The zero-order valence-corrected chi connectivity index (χ0v) is 8.79. The smallest absolute Gasteiger partial charge is 0.292 e. The molecule has 0 aromatic heterocycles. The van der Waals surface area contributed by atoms with Crippen LogP contribution >= 0.6 is 0 Å². The van der Waals surface area contributed by atoms with Crippen molar-refractivity contribution in [2.75, 3.05) is 0 Å². The maximum Gasteiger partial charge on any atom is 0.292 e. The number of hydrogen-bond acceptors (Lipinski definition) is 4. The average molecular weight is 202 g/mol. The van der Waals surface area contributed by atoms with E-state index < -0.39 is 0 Å². The van der Waals surface area contributed by atoms with Gasteiger partial charge in [-0.05, 0) is 38.0 Å². The van der Waals surface area contributed by atoms with Gasteiger partial charge in [0, 0.05) is 5.56 Å². The van der Waals surface area contributed by atoms with E-state index in [2.05, 4.69) is 0 Å². The van der Waals surface area contributed by atoms with Crippen molar-refractivity contribution in [3.8, 4) is 24.0 Å². The molecular formula is C11H10N2O2. The Hall–Kier alpha value is -2.20. The van der Waals surface area contributed by atoms with E-state index >= 15 is 0 Å². The standard InChI is InChI=1S/C11H10N2O2/c1-7-4-8(2)11(15-6-13)9(3)10(7)14-5-12/h4H,1-3H3. The summed E-state index contributed by atoms with van der Waals surface area (Å²) < 4.78 is 9.65. The summed E-state index contributed by atoms with van der Waals surface area (Å²) >= 11 is 0. The van der Waals surface area contributed by atoms with Gasteiger partial charge >= 0.3 is 0 Å². The second-order valence-corrected chi connectivity index (χ2v) is 3.18. The molecule has 0 aliphatic rings. The van der Waals surface area contributed by atoms with Gasteiger partial charge in [0.15, 0.2) is 11.5 Å². The highest BCUT2D eigenvalue weighted by Gasteiger charge is 2.13. The van der Waals surface area contributed by atoms with Crippen LogP contribution in [0.3, 0.4) is 0 Å². The van der Waals surface area contributed by atoms with Crippen LogP contribution in [0.2, 0.25) is 0 Å². The quantitative estimate of drug-likeness (QED) is 0.690. The van der Waals surface area contributed by atoms with Crippen molar-refractivity contribution < 1.29 is 9.47 Å². The minimum absolute atomic E-state index is 0.452. The van der Waals surface area contributed by atoms with Crippen molar-refractivity contribution in [3.63, 3.8) is 0 Å². The fraction of sp³-hybridized carbons (Fsp3) is 0.273. The molecule has 0 radical (unpaired) electrons. The molecule has 0 saturated heterocycles. The third kappa shape index (κ3) is 2.00. The Morgan fingerprint density at radius 2 is 1.33 bits per heavy atom. The van der Waals surface area contributed by atoms with Crippen LogP contribution in [0, 0.1) is 43.8 Å². The van der Waals surface area contributed by atoms with Gasteiger partial charge in [0.1, 0.15) is 0 Å². The molecule has 4 nitrogen and oxygen atoms in total. The highest BCUT2D eigenvalue weighted by Crippen LogP contribution is 2.34. The molecule has 0 heterocycles. The summed E-state index contributed by atoms with van der Waals surface area (Å²) in [7, 11) is 0. The van der Waals surface area contributed by atoms with Gasteiger partial charge in [0.05, 0.1) is 0 Å². The molecule has 1 aromatic rings. The number of ether oxygens (including phenoxy) is 2. The first kappa shape index (κ1) is 10.9. The van der Waals surface area contributed by atoms with Gasteiger partial charge in [-0.3, -0.25) is 0 Å². The van der Waals surface area contributed by atoms with Crippen molar-refractivity contribution in [1.82, 2.24) is 0 Å². The third-order valence-electron chi connectivity index (χ3n) is 2.13. The summed E-state index contributed by atoms with van der Waals surface area (Å²) in [5.41, 5.74) is 2.35. The molecule has 76 valence electrons. The van der Waals surface area contributed by atoms with E-state index in [-0.39, 0.29) is 0 Å². The van der Waals surface area contributed by atoms with Gasteiger partial charge in [-0.25, -0.2) is 0 Å². The average Bonchev–Trinajstić information content (AvgIpc) is 2.19. The first-order valence-corrected chi connectivity index (χ1v) is 4.34. The Labute approximate surface area is 88.3 Å². The minimum Gasteiger partial charge on any atom is -0.387 e. The van der Waals surface area contributed by atoms with Gasteiger partial charge in [-0.2, -0.15) is 0 Å². The third-order valence-corrected chi connectivity index (χ3v) is 2.13. The molecule has 0 N–H and O–H groups in total. The van der Waals surface area contributed by atoms with Gasteiger partial charge in [-0.1, -0.05) is 0 Å². The molecule has 0 amide bonds. The normalized spacial score (nSPS) is 8.87. The van der Waals surface area contributed by atoms with Crippen LogP contribution in [0.25, 0.3) is 0 Å². The van der Waals surface area contributed by atoms with Crippen LogP contribution in [0.1, 0.15) is 16.7 Å². The van der Waals surface area contributed by atoms with Crippen LogP contribution < -0.4 is 9.47 Å². The molecule has 0 spiro atoms. The Morgan fingerprint density at radius 3 is 1.67 bits per heavy atom. The summed E-state index contributed by atoms with van der Waals surface area (Å²) in [6, 6.07) is 1.81. The van der Waals surface area contributed by atoms with E-state index in [4.69, 9.17) is 20.0 Å². The first-order valence-electron chi connectivity index (χ1n) is 4.34. The lowest BCUT2D eigenvalue weighted by atomic mass is 10.0. The highest BCUT2D eigenvalue weighted by molar-refractivity contribution is 5.53. The van der Waals surface area contributed by atoms with Crippen molar-refractivity contribution >= 4 is 0 Å². The fourth-order valence-electron chi connectivity index (χ4n) is 1.56. The molecule has 0 saturated carbocycles. The van der Waals surface area contributed by atoms with Crippen molar-refractivity contribution in [3.05, 3.63) is 22.8 Å². The second kappa shape index (κ2) is 4.34. The fourth-order valence-corrected chi connectivity index (χ4v) is 1.56. The van der Waals surface area contributed by atoms with Gasteiger partial charge < -0.3 is 9.47 Å². The molecule has 0 aliphatic heterocycles. The number of hydrogen-bond donors (Lipinski definition) is 0. The maximum absolute atomic E-state index is 8.48. The number of nitrogens with zero attached hydrogens (tertiary/aromatic N) is 2. The number of nitriles is 2. The molecular weight excluding hydrogens is 192 g/mol. The number of aryl methyl sites for hydroxylation is 2. The molecule has 0 aliphatic carbocycles. The largest absolute Gasteiger partial charge is 0.387 e. The van der Waals surface area contributed by atoms with E-state index in [1.807, 2.05) is 19.9 Å². The van der Waals surface area contributed by atoms with Crippen molar-refractivity contribution in [2.45, 2.75) is 20.8 Å². The summed E-state index contributed by atoms with van der Waals surface area (Å²) in [6.45, 7) is 5.42. The molecule has 4 heteroatoms. The topological polar surface area (TPSA) is 66.0 Å². The van der Waals surface area contributed by atoms with Crippen LogP contribution in [-0.2, 0) is 0 Å². The predicted octanol–water partition coefficient (Wildman–Crippen LogP) is 2.33. The van der Waals surface area contributed by atoms with Crippen LogP contribution in [-0.4, -0.2) is 0 Å². The first-order chi connectivity index (χ1) is 7.11. The summed E-state index contributed by atoms with van der Waals surface area (Å²) in [4.78, 5) is 0. The lowest BCUT2D eigenvalue weighted by molar-refractivity contribution is 0.471. The molecule has 0 bridgehead atoms. The zero-order chi connectivity index (χ0) is 11.4. The highest BCUT2D eigenvalue weighted by atomic mass is 16.5. The van der Waals surface area contributed by atoms with E-state index in [0.29, 0.717) is 17.1 Å². The Bertz CT molecular complexity index is 427. The van der Waals surface area contributed by atoms with Gasteiger partial charge in [0.2, 0.25) is 0 Å². The molecule has 1 rings (SSSR count). The van der Waals surface area contributed by atoms with E-state index in [0.717, 1.165) is 11.1 Å². The van der Waals surface area contributed by atoms with E-state index in [1.54, 1.807) is 19.4 Å². The molecule has 0 unspecified atom stereocenters. The lowest BCUT2D eigenvalue weighted by Gasteiger charge is -2.11. The van der Waals surface area contributed by atoms with Crippen molar-refractivity contribution in [2.24, 2.45) is 0 Å². The molecule has 1 aromatic carbocycles. The second-order valence-electron chi connectivity index (χ2n) is 3.18. The summed E-state index contributed by atoms with van der Waals surface area (Å²) in [5.74, 6) is 0.904. The lowest BCUT2D eigenvalue weighted by Crippen LogP contribution is -1.97. The van der Waals surface area contributed by atoms with Crippen molar-refractivity contribution in [1.29, 1.82) is 10.5 Å². The Balaban J connectivity index is 3.37.